The van der Waals surface area contributed by atoms with E-state index in [0.29, 0.717) is 45.4 Å². The third-order valence-electron chi connectivity index (χ3n) is 4.13. The van der Waals surface area contributed by atoms with Crippen LogP contribution in [0.3, 0.4) is 0 Å². The van der Waals surface area contributed by atoms with Crippen LogP contribution in [0, 0.1) is 6.92 Å². The van der Waals surface area contributed by atoms with Gasteiger partial charge in [-0.15, -0.1) is 0 Å². The zero-order valence-electron chi connectivity index (χ0n) is 17.3. The van der Waals surface area contributed by atoms with Crippen LogP contribution < -0.4 is 14.9 Å². The number of esters is 1. The summed E-state index contributed by atoms with van der Waals surface area (Å²) in [7, 11) is 1.58. The van der Waals surface area contributed by atoms with Gasteiger partial charge in [-0.05, 0) is 55.3 Å². The molecule has 0 amide bonds. The number of hydrazone groups is 1. The number of rotatable bonds is 9. The van der Waals surface area contributed by atoms with Crippen LogP contribution in [0.1, 0.15) is 33.4 Å². The Bertz CT molecular complexity index is 1070. The molecule has 7 nitrogen and oxygen atoms in total. The Labute approximate surface area is 189 Å². The Hall–Kier alpha value is -3.10. The normalized spacial score (nSPS) is 10.8. The van der Waals surface area contributed by atoms with Crippen LogP contribution in [0.4, 0.5) is 5.13 Å². The fourth-order valence-electron chi connectivity index (χ4n) is 2.62. The molecule has 0 aliphatic heterocycles. The smallest absolute Gasteiger partial charge is 0.350 e. The lowest BCUT2D eigenvalue weighted by Crippen LogP contribution is -2.03. The number of carbonyl (C=O) groups excluding carboxylic acids is 1. The highest BCUT2D eigenvalue weighted by Crippen LogP contribution is 2.29. The Balaban J connectivity index is 1.63. The van der Waals surface area contributed by atoms with Gasteiger partial charge in [0.2, 0.25) is 5.13 Å². The first-order valence-corrected chi connectivity index (χ1v) is 10.7. The van der Waals surface area contributed by atoms with Gasteiger partial charge in [0.25, 0.3) is 0 Å². The van der Waals surface area contributed by atoms with Gasteiger partial charge in [-0.2, -0.15) is 5.10 Å². The predicted octanol–water partition coefficient (Wildman–Crippen LogP) is 5.32. The number of benzene rings is 2. The molecule has 2 aromatic carbocycles. The first-order chi connectivity index (χ1) is 15.0. The molecule has 0 aliphatic carbocycles. The van der Waals surface area contributed by atoms with Crippen molar-refractivity contribution in [2.75, 3.05) is 19.1 Å². The highest BCUT2D eigenvalue weighted by Gasteiger charge is 2.16. The number of nitrogens with zero attached hydrogens (tertiary/aromatic N) is 2. The molecule has 1 aromatic heterocycles. The third kappa shape index (κ3) is 6.19. The van der Waals surface area contributed by atoms with E-state index in [9.17, 15) is 4.79 Å². The highest BCUT2D eigenvalue weighted by atomic mass is 35.5. The number of hydrogen-bond donors (Lipinski definition) is 1. The van der Waals surface area contributed by atoms with E-state index in [1.165, 1.54) is 11.3 Å². The van der Waals surface area contributed by atoms with Crippen molar-refractivity contribution in [1.29, 1.82) is 0 Å². The van der Waals surface area contributed by atoms with E-state index in [1.54, 1.807) is 27.2 Å². The average Bonchev–Trinajstić information content (AvgIpc) is 3.14. The quantitative estimate of drug-likeness (QED) is 0.265. The Morgan fingerprint density at radius 2 is 2.00 bits per heavy atom. The minimum absolute atomic E-state index is 0.318. The summed E-state index contributed by atoms with van der Waals surface area (Å²) in [5.74, 6) is 0.832. The Kier molecular flexibility index (Phi) is 7.86. The van der Waals surface area contributed by atoms with Gasteiger partial charge in [-0.3, -0.25) is 5.43 Å². The van der Waals surface area contributed by atoms with E-state index in [0.717, 1.165) is 11.1 Å². The van der Waals surface area contributed by atoms with Gasteiger partial charge >= 0.3 is 5.97 Å². The van der Waals surface area contributed by atoms with Crippen LogP contribution in [0.2, 0.25) is 5.02 Å². The molecule has 9 heteroatoms. The molecule has 0 bridgehead atoms. The molecule has 1 heterocycles. The number of anilines is 1. The van der Waals surface area contributed by atoms with Gasteiger partial charge in [-0.1, -0.05) is 35.1 Å². The van der Waals surface area contributed by atoms with Crippen LogP contribution in [0.25, 0.3) is 0 Å². The summed E-state index contributed by atoms with van der Waals surface area (Å²) in [5, 5.41) is 5.38. The number of aryl methyl sites for hydroxylation is 1. The van der Waals surface area contributed by atoms with Gasteiger partial charge in [-0.25, -0.2) is 9.78 Å². The number of hydrogen-bond acceptors (Lipinski definition) is 8. The number of methoxy groups -OCH3 is 1. The van der Waals surface area contributed by atoms with Crippen LogP contribution in [0.15, 0.2) is 47.6 Å². The molecule has 1 N–H and O–H groups in total. The summed E-state index contributed by atoms with van der Waals surface area (Å²) >= 11 is 7.10. The first-order valence-electron chi connectivity index (χ1n) is 9.49. The van der Waals surface area contributed by atoms with E-state index < -0.39 is 0 Å². The number of ether oxygens (including phenoxy) is 3. The maximum Gasteiger partial charge on any atom is 0.350 e. The first kappa shape index (κ1) is 22.6. The third-order valence-corrected chi connectivity index (χ3v) is 5.42. The number of halogens is 1. The fourth-order valence-corrected chi connectivity index (χ4v) is 3.55. The van der Waals surface area contributed by atoms with Crippen molar-refractivity contribution >= 4 is 40.3 Å². The summed E-state index contributed by atoms with van der Waals surface area (Å²) in [6.07, 6.45) is 1.63. The van der Waals surface area contributed by atoms with E-state index in [-0.39, 0.29) is 5.97 Å². The Morgan fingerprint density at radius 3 is 2.71 bits per heavy atom. The molecule has 0 unspecified atom stereocenters. The van der Waals surface area contributed by atoms with Crippen molar-refractivity contribution < 1.29 is 19.0 Å². The topological polar surface area (TPSA) is 82.0 Å². The van der Waals surface area contributed by atoms with Crippen LogP contribution in [-0.4, -0.2) is 30.9 Å². The molecule has 0 aliphatic rings. The lowest BCUT2D eigenvalue weighted by atomic mass is 10.2. The van der Waals surface area contributed by atoms with Crippen molar-refractivity contribution in [2.24, 2.45) is 5.10 Å². The molecule has 0 saturated carbocycles. The van der Waals surface area contributed by atoms with Crippen molar-refractivity contribution in [1.82, 2.24) is 4.98 Å². The van der Waals surface area contributed by atoms with E-state index >= 15 is 0 Å². The molecule has 0 radical (unpaired) electrons. The standard InChI is InChI=1S/C22H22ClN3O4S/c1-4-29-21(27)20-14(2)25-22(31-20)26-24-12-16-7-10-18(19(11-16)28-3)30-13-15-5-8-17(23)9-6-15/h5-12H,4,13H2,1-3H3,(H,25,26)/b24-12-. The second-order valence-electron chi connectivity index (χ2n) is 6.35. The summed E-state index contributed by atoms with van der Waals surface area (Å²) in [4.78, 5) is 16.6. The number of nitrogens with one attached hydrogen (secondary N) is 1. The maximum atomic E-state index is 11.9. The van der Waals surface area contributed by atoms with Gasteiger partial charge in [0.05, 0.1) is 25.6 Å². The van der Waals surface area contributed by atoms with Crippen LogP contribution >= 0.6 is 22.9 Å². The molecule has 162 valence electrons. The average molecular weight is 460 g/mol. The van der Waals surface area contributed by atoms with Gasteiger partial charge in [0, 0.05) is 5.02 Å². The molecular weight excluding hydrogens is 438 g/mol. The second kappa shape index (κ2) is 10.8. The SMILES string of the molecule is CCOC(=O)c1sc(N/N=C\c2ccc(OCc3ccc(Cl)cc3)c(OC)c2)nc1C. The molecule has 0 fully saturated rings. The summed E-state index contributed by atoms with van der Waals surface area (Å²) in [6, 6.07) is 13.0. The van der Waals surface area contributed by atoms with Gasteiger partial charge in [0.15, 0.2) is 11.5 Å². The van der Waals surface area contributed by atoms with Crippen LogP contribution in [-0.2, 0) is 11.3 Å². The zero-order valence-corrected chi connectivity index (χ0v) is 18.9. The summed E-state index contributed by atoms with van der Waals surface area (Å²) in [6.45, 7) is 4.23. The second-order valence-corrected chi connectivity index (χ2v) is 7.78. The summed E-state index contributed by atoms with van der Waals surface area (Å²) in [5.41, 5.74) is 5.25. The maximum absolute atomic E-state index is 11.9. The fraction of sp³-hybridized carbons (Fsp3) is 0.227. The molecule has 3 rings (SSSR count). The number of aromatic nitrogens is 1. The predicted molar refractivity (Wildman–Crippen MR) is 123 cm³/mol. The van der Waals surface area contributed by atoms with E-state index in [4.69, 9.17) is 25.8 Å². The Morgan fingerprint density at radius 1 is 1.23 bits per heavy atom. The summed E-state index contributed by atoms with van der Waals surface area (Å²) < 4.78 is 16.3. The van der Waals surface area contributed by atoms with E-state index in [2.05, 4.69) is 15.5 Å². The minimum atomic E-state index is -0.381. The number of thiazole rings is 1. The molecular formula is C22H22ClN3O4S. The lowest BCUT2D eigenvalue weighted by molar-refractivity contribution is 0.0531. The molecule has 0 saturated heterocycles. The molecule has 0 spiro atoms. The van der Waals surface area contributed by atoms with E-state index in [1.807, 2.05) is 42.5 Å². The monoisotopic (exact) mass is 459 g/mol. The lowest BCUT2D eigenvalue weighted by Gasteiger charge is -2.11. The van der Waals surface area contributed by atoms with Crippen molar-refractivity contribution in [3.8, 4) is 11.5 Å². The van der Waals surface area contributed by atoms with Crippen molar-refractivity contribution in [2.45, 2.75) is 20.5 Å². The van der Waals surface area contributed by atoms with Crippen molar-refractivity contribution in [3.05, 3.63) is 69.2 Å². The van der Waals surface area contributed by atoms with Crippen LogP contribution in [0.5, 0.6) is 11.5 Å². The highest BCUT2D eigenvalue weighted by molar-refractivity contribution is 7.17. The number of carbonyl (C=O) groups is 1. The van der Waals surface area contributed by atoms with Gasteiger partial charge < -0.3 is 14.2 Å². The van der Waals surface area contributed by atoms with Crippen molar-refractivity contribution in [3.63, 3.8) is 0 Å². The molecule has 3 aromatic rings. The van der Waals surface area contributed by atoms with Gasteiger partial charge in [0.1, 0.15) is 11.5 Å². The minimum Gasteiger partial charge on any atom is -0.493 e. The largest absolute Gasteiger partial charge is 0.493 e. The molecule has 0 atom stereocenters. The molecule has 31 heavy (non-hydrogen) atoms. The zero-order chi connectivity index (χ0) is 22.2.